The predicted octanol–water partition coefficient (Wildman–Crippen LogP) is 5.77. The van der Waals surface area contributed by atoms with Crippen molar-refractivity contribution in [1.29, 1.82) is 0 Å². The van der Waals surface area contributed by atoms with E-state index in [0.717, 1.165) is 21.9 Å². The largest absolute Gasteiger partial charge is 0.458 e. The summed E-state index contributed by atoms with van der Waals surface area (Å²) >= 11 is 1.47. The zero-order valence-electron chi connectivity index (χ0n) is 19.4. The number of hydrogen-bond acceptors (Lipinski definition) is 5. The van der Waals surface area contributed by atoms with Gasteiger partial charge in [-0.2, -0.15) is 5.10 Å². The van der Waals surface area contributed by atoms with Gasteiger partial charge in [0.1, 0.15) is 10.3 Å². The Morgan fingerprint density at radius 3 is 2.24 bits per heavy atom. The summed E-state index contributed by atoms with van der Waals surface area (Å²) in [4.78, 5) is 26.8. The molecule has 0 aromatic carbocycles. The number of aryl methyl sites for hydroxylation is 1. The second-order valence-corrected chi connectivity index (χ2v) is 10.9. The zero-order valence-corrected chi connectivity index (χ0v) is 20.2. The molecule has 2 aromatic heterocycles. The van der Waals surface area contributed by atoms with Gasteiger partial charge in [-0.3, -0.25) is 4.79 Å². The van der Waals surface area contributed by atoms with E-state index in [4.69, 9.17) is 4.74 Å². The number of carbonyl (C=O) groups is 1. The molecule has 0 bridgehead atoms. The first kappa shape index (κ1) is 23.6. The van der Waals surface area contributed by atoms with Gasteiger partial charge >= 0.3 is 5.97 Å². The van der Waals surface area contributed by atoms with Gasteiger partial charge in [0.25, 0.3) is 5.56 Å². The molecule has 0 radical (unpaired) electrons. The monoisotopic (exact) mass is 420 g/mol. The standard InChI is InChI=1S/C18H24N2O3S.C5H12/c1-10(2)13-12-9-11(3)24-14(12)15(21)20(19-13)18(7-8-18)16(22)23-17(4,5)6;1-4-5(2)3/h9-10H,7-8H2,1-6H3;5H,4H2,1-3H3. The highest BCUT2D eigenvalue weighted by Gasteiger charge is 2.56. The molecule has 2 aromatic rings. The van der Waals surface area contributed by atoms with Crippen molar-refractivity contribution in [3.05, 3.63) is 27.0 Å². The molecule has 0 aliphatic heterocycles. The molecule has 1 saturated carbocycles. The zero-order chi connectivity index (χ0) is 22.1. The van der Waals surface area contributed by atoms with Crippen LogP contribution in [0.2, 0.25) is 0 Å². The molecule has 2 heterocycles. The Bertz CT molecular complexity index is 928. The molecule has 0 N–H and O–H groups in total. The molecule has 29 heavy (non-hydrogen) atoms. The first-order valence-electron chi connectivity index (χ1n) is 10.6. The van der Waals surface area contributed by atoms with E-state index in [9.17, 15) is 9.59 Å². The van der Waals surface area contributed by atoms with Gasteiger partial charge in [-0.1, -0.05) is 41.0 Å². The van der Waals surface area contributed by atoms with Gasteiger partial charge in [-0.05, 0) is 58.4 Å². The molecule has 5 nitrogen and oxygen atoms in total. The second kappa shape index (κ2) is 8.58. The van der Waals surface area contributed by atoms with E-state index in [1.165, 1.54) is 22.4 Å². The highest BCUT2D eigenvalue weighted by Crippen LogP contribution is 2.45. The summed E-state index contributed by atoms with van der Waals surface area (Å²) < 4.78 is 7.64. The van der Waals surface area contributed by atoms with Gasteiger partial charge in [0.05, 0.1) is 5.69 Å². The number of hydrogen-bond donors (Lipinski definition) is 0. The molecule has 0 unspecified atom stereocenters. The van der Waals surface area contributed by atoms with Crippen LogP contribution >= 0.6 is 11.3 Å². The molecular formula is C23H36N2O3S. The summed E-state index contributed by atoms with van der Waals surface area (Å²) in [5.41, 5.74) is -0.833. The van der Waals surface area contributed by atoms with Gasteiger partial charge in [0.15, 0.2) is 5.54 Å². The molecule has 0 atom stereocenters. The Labute approximate surface area is 178 Å². The third-order valence-electron chi connectivity index (χ3n) is 5.00. The van der Waals surface area contributed by atoms with E-state index in [-0.39, 0.29) is 17.4 Å². The lowest BCUT2D eigenvalue weighted by Gasteiger charge is -2.25. The lowest BCUT2D eigenvalue weighted by Crippen LogP contribution is -2.42. The van der Waals surface area contributed by atoms with Crippen LogP contribution in [0.1, 0.15) is 91.1 Å². The summed E-state index contributed by atoms with van der Waals surface area (Å²) in [7, 11) is 0. The Hall–Kier alpha value is -1.69. The first-order valence-corrected chi connectivity index (χ1v) is 11.4. The SMILES string of the molecule is CCC(C)C.Cc1cc2c(C(C)C)nn(C3(C(=O)OC(C)(C)C)CC3)c(=O)c2s1. The topological polar surface area (TPSA) is 61.2 Å². The maximum atomic E-state index is 13.0. The van der Waals surface area contributed by atoms with Crippen molar-refractivity contribution >= 4 is 27.4 Å². The minimum Gasteiger partial charge on any atom is -0.458 e. The number of fused-ring (bicyclic) bond motifs is 1. The maximum absolute atomic E-state index is 13.0. The number of thiophene rings is 1. The lowest BCUT2D eigenvalue weighted by molar-refractivity contribution is -0.161. The average molecular weight is 421 g/mol. The lowest BCUT2D eigenvalue weighted by atomic mass is 10.1. The quantitative estimate of drug-likeness (QED) is 0.589. The van der Waals surface area contributed by atoms with Crippen LogP contribution in [0.5, 0.6) is 0 Å². The van der Waals surface area contributed by atoms with Crippen molar-refractivity contribution in [3.8, 4) is 0 Å². The fourth-order valence-electron chi connectivity index (χ4n) is 2.88. The second-order valence-electron chi connectivity index (χ2n) is 9.69. The fourth-order valence-corrected chi connectivity index (χ4v) is 3.82. The van der Waals surface area contributed by atoms with E-state index in [1.54, 1.807) is 0 Å². The Kier molecular flexibility index (Phi) is 6.98. The van der Waals surface area contributed by atoms with Gasteiger partial charge < -0.3 is 4.74 Å². The van der Waals surface area contributed by atoms with Crippen LogP contribution in [-0.4, -0.2) is 21.4 Å². The first-order chi connectivity index (χ1) is 13.3. The molecule has 162 valence electrons. The van der Waals surface area contributed by atoms with Crippen LogP contribution in [0.4, 0.5) is 0 Å². The third kappa shape index (κ3) is 5.27. The van der Waals surface area contributed by atoms with E-state index in [2.05, 4.69) is 39.7 Å². The number of ether oxygens (including phenoxy) is 1. The molecule has 1 fully saturated rings. The molecule has 3 rings (SSSR count). The van der Waals surface area contributed by atoms with Gasteiger partial charge in [-0.25, -0.2) is 9.48 Å². The van der Waals surface area contributed by atoms with Crippen LogP contribution in [-0.2, 0) is 15.1 Å². The molecule has 0 spiro atoms. The summed E-state index contributed by atoms with van der Waals surface area (Å²) in [6, 6.07) is 2.02. The Morgan fingerprint density at radius 2 is 1.83 bits per heavy atom. The minimum absolute atomic E-state index is 0.169. The molecule has 0 amide bonds. The summed E-state index contributed by atoms with van der Waals surface area (Å²) in [5.74, 6) is 0.699. The minimum atomic E-state index is -0.930. The smallest absolute Gasteiger partial charge is 0.334 e. The van der Waals surface area contributed by atoms with E-state index < -0.39 is 11.1 Å². The molecule has 1 aliphatic carbocycles. The van der Waals surface area contributed by atoms with Crippen molar-refractivity contribution < 1.29 is 9.53 Å². The summed E-state index contributed by atoms with van der Waals surface area (Å²) in [6.45, 7) is 18.2. The number of aromatic nitrogens is 2. The number of carbonyl (C=O) groups excluding carboxylic acids is 1. The van der Waals surface area contributed by atoms with Crippen molar-refractivity contribution in [1.82, 2.24) is 9.78 Å². The summed E-state index contributed by atoms with van der Waals surface area (Å²) in [5, 5.41) is 5.52. The number of esters is 1. The Balaban J connectivity index is 0.000000537. The van der Waals surface area contributed by atoms with E-state index in [0.29, 0.717) is 17.5 Å². The number of rotatable bonds is 4. The maximum Gasteiger partial charge on any atom is 0.334 e. The average Bonchev–Trinajstić information content (AvgIpc) is 3.30. The van der Waals surface area contributed by atoms with Gasteiger partial charge in [-0.15, -0.1) is 11.3 Å². The van der Waals surface area contributed by atoms with Gasteiger partial charge in [0, 0.05) is 10.3 Å². The third-order valence-corrected chi connectivity index (χ3v) is 6.04. The van der Waals surface area contributed by atoms with Crippen molar-refractivity contribution in [3.63, 3.8) is 0 Å². The van der Waals surface area contributed by atoms with Crippen LogP contribution in [0.3, 0.4) is 0 Å². The van der Waals surface area contributed by atoms with Gasteiger partial charge in [0.2, 0.25) is 0 Å². The van der Waals surface area contributed by atoms with Crippen molar-refractivity contribution in [2.75, 3.05) is 0 Å². The van der Waals surface area contributed by atoms with Crippen LogP contribution < -0.4 is 5.56 Å². The molecule has 6 heteroatoms. The predicted molar refractivity (Wildman–Crippen MR) is 121 cm³/mol. The molecule has 0 saturated heterocycles. The highest BCUT2D eigenvalue weighted by molar-refractivity contribution is 7.18. The van der Waals surface area contributed by atoms with Crippen molar-refractivity contribution in [2.45, 2.75) is 98.6 Å². The van der Waals surface area contributed by atoms with Crippen LogP contribution in [0.25, 0.3) is 10.1 Å². The van der Waals surface area contributed by atoms with Crippen LogP contribution in [0, 0.1) is 12.8 Å². The number of nitrogens with zero attached hydrogens (tertiary/aromatic N) is 2. The van der Waals surface area contributed by atoms with E-state index in [1.807, 2.05) is 33.8 Å². The molecule has 1 aliphatic rings. The van der Waals surface area contributed by atoms with Crippen molar-refractivity contribution in [2.24, 2.45) is 5.92 Å². The normalized spacial score (nSPS) is 15.4. The fraction of sp³-hybridized carbons (Fsp3) is 0.696. The Morgan fingerprint density at radius 1 is 1.28 bits per heavy atom. The molecular weight excluding hydrogens is 384 g/mol. The summed E-state index contributed by atoms with van der Waals surface area (Å²) in [6.07, 6.45) is 2.50. The highest BCUT2D eigenvalue weighted by atomic mass is 32.1. The van der Waals surface area contributed by atoms with Crippen LogP contribution in [0.15, 0.2) is 10.9 Å². The van der Waals surface area contributed by atoms with E-state index >= 15 is 0 Å².